The average molecular weight is 327 g/mol. The molecule has 2 rings (SSSR count). The number of thiophene rings is 1. The summed E-state index contributed by atoms with van der Waals surface area (Å²) in [7, 11) is -3.52. The number of aliphatic hydroxyl groups excluding tert-OH is 1. The summed E-state index contributed by atoms with van der Waals surface area (Å²) < 4.78 is 32.1. The highest BCUT2D eigenvalue weighted by molar-refractivity contribution is 7.89. The van der Waals surface area contributed by atoms with Crippen LogP contribution in [-0.2, 0) is 16.6 Å². The first-order valence-corrected chi connectivity index (χ1v) is 8.89. The smallest absolute Gasteiger partial charge is 0.240 e. The van der Waals surface area contributed by atoms with Crippen molar-refractivity contribution in [2.75, 3.05) is 13.2 Å². The molecule has 21 heavy (non-hydrogen) atoms. The number of rotatable bonds is 8. The van der Waals surface area contributed by atoms with Crippen molar-refractivity contribution in [1.29, 1.82) is 0 Å². The fraction of sp³-hybridized carbons (Fsp3) is 0.286. The summed E-state index contributed by atoms with van der Waals surface area (Å²) >= 11 is 1.53. The molecule has 0 bridgehead atoms. The Morgan fingerprint density at radius 2 is 1.95 bits per heavy atom. The molecule has 1 heterocycles. The van der Waals surface area contributed by atoms with E-state index in [1.54, 1.807) is 12.1 Å². The number of benzene rings is 1. The minimum atomic E-state index is -3.52. The van der Waals surface area contributed by atoms with Crippen LogP contribution >= 0.6 is 11.3 Å². The second-order valence-electron chi connectivity index (χ2n) is 4.35. The Kier molecular flexibility index (Phi) is 5.75. The first-order chi connectivity index (χ1) is 10.1. The van der Waals surface area contributed by atoms with E-state index in [9.17, 15) is 8.42 Å². The molecule has 0 aliphatic heterocycles. The molecular formula is C14H17NO4S2. The first kappa shape index (κ1) is 16.0. The predicted molar refractivity (Wildman–Crippen MR) is 82.0 cm³/mol. The van der Waals surface area contributed by atoms with E-state index >= 15 is 0 Å². The van der Waals surface area contributed by atoms with Crippen LogP contribution in [0.5, 0.6) is 5.75 Å². The van der Waals surface area contributed by atoms with Gasteiger partial charge in [0.15, 0.2) is 0 Å². The molecule has 1 aromatic carbocycles. The van der Waals surface area contributed by atoms with E-state index in [1.165, 1.54) is 23.5 Å². The molecule has 2 aromatic rings. The van der Waals surface area contributed by atoms with Crippen molar-refractivity contribution in [2.24, 2.45) is 0 Å². The normalized spacial score (nSPS) is 11.5. The van der Waals surface area contributed by atoms with E-state index < -0.39 is 10.0 Å². The SMILES string of the molecule is O=S(=O)(NCc1ccsc1)c1ccc(OCCCO)cc1. The number of hydrogen-bond donors (Lipinski definition) is 2. The van der Waals surface area contributed by atoms with Crippen LogP contribution in [0, 0.1) is 0 Å². The number of nitrogens with one attached hydrogen (secondary N) is 1. The van der Waals surface area contributed by atoms with Gasteiger partial charge in [0.1, 0.15) is 5.75 Å². The summed E-state index contributed by atoms with van der Waals surface area (Å²) in [6.07, 6.45) is 0.544. The topological polar surface area (TPSA) is 75.6 Å². The third-order valence-corrected chi connectivity index (χ3v) is 4.90. The number of ether oxygens (including phenoxy) is 1. The van der Waals surface area contributed by atoms with Gasteiger partial charge < -0.3 is 9.84 Å². The van der Waals surface area contributed by atoms with Crippen LogP contribution in [0.2, 0.25) is 0 Å². The molecule has 5 nitrogen and oxygen atoms in total. The largest absolute Gasteiger partial charge is 0.494 e. The van der Waals surface area contributed by atoms with E-state index in [4.69, 9.17) is 9.84 Å². The Bertz CT molecular complexity index is 636. The van der Waals surface area contributed by atoms with Crippen molar-refractivity contribution in [2.45, 2.75) is 17.9 Å². The van der Waals surface area contributed by atoms with Crippen molar-refractivity contribution in [1.82, 2.24) is 4.72 Å². The summed E-state index contributed by atoms with van der Waals surface area (Å²) in [5, 5.41) is 12.5. The minimum Gasteiger partial charge on any atom is -0.494 e. The molecule has 0 aliphatic rings. The quantitative estimate of drug-likeness (QED) is 0.727. The molecule has 1 aromatic heterocycles. The van der Waals surface area contributed by atoms with Gasteiger partial charge in [-0.05, 0) is 46.7 Å². The monoisotopic (exact) mass is 327 g/mol. The average Bonchev–Trinajstić information content (AvgIpc) is 3.00. The predicted octanol–water partition coefficient (Wildman–Crippen LogP) is 1.99. The van der Waals surface area contributed by atoms with Gasteiger partial charge in [-0.3, -0.25) is 0 Å². The van der Waals surface area contributed by atoms with Crippen LogP contribution in [0.15, 0.2) is 46.0 Å². The molecular weight excluding hydrogens is 310 g/mol. The van der Waals surface area contributed by atoms with Crippen LogP contribution in [0.1, 0.15) is 12.0 Å². The lowest BCUT2D eigenvalue weighted by atomic mass is 10.3. The van der Waals surface area contributed by atoms with E-state index in [0.29, 0.717) is 18.8 Å². The number of aliphatic hydroxyl groups is 1. The van der Waals surface area contributed by atoms with Gasteiger partial charge >= 0.3 is 0 Å². The Morgan fingerprint density at radius 1 is 1.19 bits per heavy atom. The van der Waals surface area contributed by atoms with Crippen molar-refractivity contribution < 1.29 is 18.3 Å². The summed E-state index contributed by atoms with van der Waals surface area (Å²) in [6, 6.07) is 8.10. The van der Waals surface area contributed by atoms with Gasteiger partial charge in [-0.1, -0.05) is 0 Å². The third-order valence-electron chi connectivity index (χ3n) is 2.75. The van der Waals surface area contributed by atoms with Gasteiger partial charge in [0.25, 0.3) is 0 Å². The van der Waals surface area contributed by atoms with Crippen molar-refractivity contribution in [3.05, 3.63) is 46.7 Å². The maximum atomic E-state index is 12.1. The Labute approximate surface area is 128 Å². The van der Waals surface area contributed by atoms with Gasteiger partial charge in [0.05, 0.1) is 11.5 Å². The molecule has 0 saturated carbocycles. The molecule has 0 amide bonds. The summed E-state index contributed by atoms with van der Waals surface area (Å²) in [4.78, 5) is 0.201. The molecule has 0 spiro atoms. The number of hydrogen-bond acceptors (Lipinski definition) is 5. The Balaban J connectivity index is 1.96. The minimum absolute atomic E-state index is 0.0684. The molecule has 0 fully saturated rings. The van der Waals surface area contributed by atoms with E-state index in [-0.39, 0.29) is 18.0 Å². The maximum Gasteiger partial charge on any atom is 0.240 e. The van der Waals surface area contributed by atoms with Gasteiger partial charge in [0.2, 0.25) is 10.0 Å². The zero-order chi connectivity index (χ0) is 15.1. The van der Waals surface area contributed by atoms with Crippen LogP contribution in [0.3, 0.4) is 0 Å². The second kappa shape index (κ2) is 7.56. The van der Waals surface area contributed by atoms with E-state index in [2.05, 4.69) is 4.72 Å². The molecule has 114 valence electrons. The standard InChI is InChI=1S/C14H17NO4S2/c16-7-1-8-19-13-2-4-14(5-3-13)21(17,18)15-10-12-6-9-20-11-12/h2-6,9,11,15-16H,1,7-8,10H2. The lowest BCUT2D eigenvalue weighted by Crippen LogP contribution is -2.22. The van der Waals surface area contributed by atoms with Gasteiger partial charge in [0, 0.05) is 19.6 Å². The molecule has 0 unspecified atom stereocenters. The van der Waals surface area contributed by atoms with Crippen molar-refractivity contribution in [3.63, 3.8) is 0 Å². The first-order valence-electron chi connectivity index (χ1n) is 6.46. The highest BCUT2D eigenvalue weighted by atomic mass is 32.2. The van der Waals surface area contributed by atoms with Gasteiger partial charge in [-0.25, -0.2) is 13.1 Å². The lowest BCUT2D eigenvalue weighted by molar-refractivity contribution is 0.233. The Morgan fingerprint density at radius 3 is 2.57 bits per heavy atom. The van der Waals surface area contributed by atoms with Gasteiger partial charge in [-0.15, -0.1) is 0 Å². The fourth-order valence-electron chi connectivity index (χ4n) is 1.62. The Hall–Kier alpha value is -1.41. The number of sulfonamides is 1. The summed E-state index contributed by atoms with van der Waals surface area (Å²) in [6.45, 7) is 0.749. The van der Waals surface area contributed by atoms with Crippen LogP contribution < -0.4 is 9.46 Å². The molecule has 7 heteroatoms. The fourth-order valence-corrected chi connectivity index (χ4v) is 3.31. The summed E-state index contributed by atoms with van der Waals surface area (Å²) in [5.41, 5.74) is 0.938. The maximum absolute atomic E-state index is 12.1. The van der Waals surface area contributed by atoms with Crippen LogP contribution in [0.25, 0.3) is 0 Å². The molecule has 0 atom stereocenters. The van der Waals surface area contributed by atoms with Gasteiger partial charge in [-0.2, -0.15) is 11.3 Å². The lowest BCUT2D eigenvalue weighted by Gasteiger charge is -2.08. The van der Waals surface area contributed by atoms with Crippen LogP contribution in [0.4, 0.5) is 0 Å². The summed E-state index contributed by atoms with van der Waals surface area (Å²) in [5.74, 6) is 0.584. The van der Waals surface area contributed by atoms with Crippen LogP contribution in [-0.4, -0.2) is 26.7 Å². The van der Waals surface area contributed by atoms with Crippen molar-refractivity contribution in [3.8, 4) is 5.75 Å². The highest BCUT2D eigenvalue weighted by Gasteiger charge is 2.13. The molecule has 0 radical (unpaired) electrons. The zero-order valence-corrected chi connectivity index (χ0v) is 13.0. The molecule has 0 saturated heterocycles. The highest BCUT2D eigenvalue weighted by Crippen LogP contribution is 2.16. The third kappa shape index (κ3) is 4.82. The van der Waals surface area contributed by atoms with Crippen molar-refractivity contribution >= 4 is 21.4 Å². The zero-order valence-electron chi connectivity index (χ0n) is 11.4. The molecule has 2 N–H and O–H groups in total. The van der Waals surface area contributed by atoms with E-state index in [1.807, 2.05) is 16.8 Å². The van der Waals surface area contributed by atoms with E-state index in [0.717, 1.165) is 5.56 Å². The molecule has 0 aliphatic carbocycles. The second-order valence-corrected chi connectivity index (χ2v) is 6.90.